The van der Waals surface area contributed by atoms with Gasteiger partial charge in [-0.1, -0.05) is 36.4 Å². The Morgan fingerprint density at radius 2 is 1.83 bits per heavy atom. The summed E-state index contributed by atoms with van der Waals surface area (Å²) < 4.78 is 10.6. The van der Waals surface area contributed by atoms with Gasteiger partial charge in [0.2, 0.25) is 11.7 Å². The first-order chi connectivity index (χ1) is 14.6. The van der Waals surface area contributed by atoms with Gasteiger partial charge >= 0.3 is 0 Å². The molecule has 0 aliphatic heterocycles. The van der Waals surface area contributed by atoms with Crippen LogP contribution in [0.1, 0.15) is 25.3 Å². The third-order valence-corrected chi connectivity index (χ3v) is 4.79. The fourth-order valence-electron chi connectivity index (χ4n) is 3.15. The minimum Gasteiger partial charge on any atom is -0.493 e. The van der Waals surface area contributed by atoms with Gasteiger partial charge in [-0.05, 0) is 36.3 Å². The van der Waals surface area contributed by atoms with Crippen LogP contribution >= 0.6 is 0 Å². The number of tetrazole rings is 1. The molecule has 0 N–H and O–H groups in total. The van der Waals surface area contributed by atoms with Crippen LogP contribution in [0.4, 0.5) is 0 Å². The van der Waals surface area contributed by atoms with Crippen LogP contribution in [0.2, 0.25) is 0 Å². The molecule has 0 saturated heterocycles. The number of aryl methyl sites for hydroxylation is 1. The molecule has 2 aromatic carbocycles. The van der Waals surface area contributed by atoms with E-state index in [2.05, 4.69) is 15.4 Å². The molecule has 0 fully saturated rings. The van der Waals surface area contributed by atoms with Crippen LogP contribution in [0.5, 0.6) is 11.5 Å². The molecule has 8 nitrogen and oxygen atoms in total. The van der Waals surface area contributed by atoms with Gasteiger partial charge in [-0.15, -0.1) is 10.2 Å². The topological polar surface area (TPSA) is 82.4 Å². The molecule has 0 unspecified atom stereocenters. The van der Waals surface area contributed by atoms with Gasteiger partial charge in [0, 0.05) is 25.1 Å². The number of hydrogen-bond acceptors (Lipinski definition) is 6. The third kappa shape index (κ3) is 5.34. The smallest absolute Gasteiger partial charge is 0.222 e. The third-order valence-electron chi connectivity index (χ3n) is 4.79. The molecule has 0 atom stereocenters. The van der Waals surface area contributed by atoms with Crippen LogP contribution in [0.15, 0.2) is 48.5 Å². The van der Waals surface area contributed by atoms with Crippen molar-refractivity contribution in [3.05, 3.63) is 54.1 Å². The van der Waals surface area contributed by atoms with Crippen molar-refractivity contribution in [3.63, 3.8) is 0 Å². The highest BCUT2D eigenvalue weighted by atomic mass is 16.5. The van der Waals surface area contributed by atoms with Crippen molar-refractivity contribution in [2.75, 3.05) is 20.8 Å². The Kier molecular flexibility index (Phi) is 7.37. The molecular formula is C22H27N5O3. The Bertz CT molecular complexity index is 958. The van der Waals surface area contributed by atoms with E-state index in [0.29, 0.717) is 49.8 Å². The highest BCUT2D eigenvalue weighted by molar-refractivity contribution is 5.76. The molecule has 30 heavy (non-hydrogen) atoms. The lowest BCUT2D eigenvalue weighted by atomic mass is 10.1. The zero-order valence-electron chi connectivity index (χ0n) is 17.6. The van der Waals surface area contributed by atoms with Crippen LogP contribution in [0, 0.1) is 0 Å². The van der Waals surface area contributed by atoms with Gasteiger partial charge in [-0.25, -0.2) is 0 Å². The molecule has 158 valence electrons. The number of hydrogen-bond donors (Lipinski definition) is 0. The highest BCUT2D eigenvalue weighted by Gasteiger charge is 2.14. The second kappa shape index (κ2) is 10.4. The van der Waals surface area contributed by atoms with E-state index >= 15 is 0 Å². The van der Waals surface area contributed by atoms with Crippen molar-refractivity contribution in [3.8, 4) is 22.9 Å². The van der Waals surface area contributed by atoms with Gasteiger partial charge in [-0.2, -0.15) is 4.80 Å². The summed E-state index contributed by atoms with van der Waals surface area (Å²) in [6, 6.07) is 15.4. The van der Waals surface area contributed by atoms with Gasteiger partial charge < -0.3 is 14.4 Å². The van der Waals surface area contributed by atoms with Gasteiger partial charge in [-0.3, -0.25) is 4.79 Å². The van der Waals surface area contributed by atoms with E-state index in [1.165, 1.54) is 0 Å². The van der Waals surface area contributed by atoms with E-state index in [1.807, 2.05) is 60.4 Å². The Morgan fingerprint density at radius 1 is 1.07 bits per heavy atom. The summed E-state index contributed by atoms with van der Waals surface area (Å²) in [5.74, 6) is 2.01. The summed E-state index contributed by atoms with van der Waals surface area (Å²) in [4.78, 5) is 16.0. The maximum absolute atomic E-state index is 12.7. The second-order valence-electron chi connectivity index (χ2n) is 6.78. The molecule has 0 aliphatic carbocycles. The van der Waals surface area contributed by atoms with Crippen molar-refractivity contribution in [2.45, 2.75) is 32.9 Å². The number of ether oxygens (including phenoxy) is 2. The van der Waals surface area contributed by atoms with Gasteiger partial charge in [0.1, 0.15) is 0 Å². The summed E-state index contributed by atoms with van der Waals surface area (Å²) >= 11 is 0. The first kappa shape index (κ1) is 21.3. The average molecular weight is 409 g/mol. The molecular weight excluding hydrogens is 382 g/mol. The molecule has 3 rings (SSSR count). The van der Waals surface area contributed by atoms with Crippen LogP contribution in [-0.4, -0.2) is 51.8 Å². The van der Waals surface area contributed by atoms with E-state index < -0.39 is 0 Å². The summed E-state index contributed by atoms with van der Waals surface area (Å²) in [6.07, 6.45) is 1.06. The highest BCUT2D eigenvalue weighted by Crippen LogP contribution is 2.28. The van der Waals surface area contributed by atoms with E-state index in [1.54, 1.807) is 19.0 Å². The van der Waals surface area contributed by atoms with Gasteiger partial charge in [0.05, 0.1) is 20.8 Å². The molecule has 8 heteroatoms. The fraction of sp³-hybridized carbons (Fsp3) is 0.364. The van der Waals surface area contributed by atoms with Crippen molar-refractivity contribution in [1.29, 1.82) is 0 Å². The molecule has 1 aromatic heterocycles. The SMILES string of the molecule is CCN(Cc1ccc(OC)c(OC)c1)C(=O)CCCn1nnc(-c2ccccc2)n1. The lowest BCUT2D eigenvalue weighted by molar-refractivity contribution is -0.131. The zero-order chi connectivity index (χ0) is 21.3. The first-order valence-corrected chi connectivity index (χ1v) is 9.96. The minimum atomic E-state index is 0.0932. The number of amides is 1. The summed E-state index contributed by atoms with van der Waals surface area (Å²) in [5.41, 5.74) is 1.92. The van der Waals surface area contributed by atoms with Gasteiger partial charge in [0.25, 0.3) is 0 Å². The summed E-state index contributed by atoms with van der Waals surface area (Å²) in [6.45, 7) is 3.67. The normalized spacial score (nSPS) is 10.6. The predicted molar refractivity (Wildman–Crippen MR) is 113 cm³/mol. The maximum atomic E-state index is 12.7. The van der Waals surface area contributed by atoms with Crippen LogP contribution in [-0.2, 0) is 17.9 Å². The predicted octanol–water partition coefficient (Wildman–Crippen LogP) is 3.19. The zero-order valence-corrected chi connectivity index (χ0v) is 17.6. The van der Waals surface area contributed by atoms with Crippen LogP contribution in [0.25, 0.3) is 11.4 Å². The van der Waals surface area contributed by atoms with E-state index in [-0.39, 0.29) is 5.91 Å². The number of rotatable bonds is 10. The number of nitrogens with zero attached hydrogens (tertiary/aromatic N) is 5. The van der Waals surface area contributed by atoms with E-state index in [0.717, 1.165) is 11.1 Å². The quantitative estimate of drug-likeness (QED) is 0.511. The number of methoxy groups -OCH3 is 2. The number of benzene rings is 2. The molecule has 3 aromatic rings. The van der Waals surface area contributed by atoms with Gasteiger partial charge in [0.15, 0.2) is 11.5 Å². The Labute approximate surface area is 176 Å². The number of carbonyl (C=O) groups excluding carboxylic acids is 1. The molecule has 0 spiro atoms. The first-order valence-electron chi connectivity index (χ1n) is 9.96. The minimum absolute atomic E-state index is 0.0932. The summed E-state index contributed by atoms with van der Waals surface area (Å²) in [5, 5.41) is 12.6. The van der Waals surface area contributed by atoms with Crippen molar-refractivity contribution < 1.29 is 14.3 Å². The average Bonchev–Trinajstić information content (AvgIpc) is 3.26. The standard InChI is InChI=1S/C22H27N5O3/c1-4-26(16-17-12-13-19(29-2)20(15-17)30-3)21(28)11-8-14-27-24-22(23-25-27)18-9-6-5-7-10-18/h5-7,9-10,12-13,15H,4,8,11,14,16H2,1-3H3. The van der Waals surface area contributed by atoms with Crippen LogP contribution < -0.4 is 9.47 Å². The second-order valence-corrected chi connectivity index (χ2v) is 6.78. The van der Waals surface area contributed by atoms with E-state index in [9.17, 15) is 4.79 Å². The van der Waals surface area contributed by atoms with Crippen molar-refractivity contribution >= 4 is 5.91 Å². The summed E-state index contributed by atoms with van der Waals surface area (Å²) in [7, 11) is 3.21. The fourth-order valence-corrected chi connectivity index (χ4v) is 3.15. The number of aromatic nitrogens is 4. The molecule has 1 heterocycles. The Hall–Kier alpha value is -3.42. The van der Waals surface area contributed by atoms with Crippen molar-refractivity contribution in [2.24, 2.45) is 0 Å². The maximum Gasteiger partial charge on any atom is 0.222 e. The Balaban J connectivity index is 1.53. The largest absolute Gasteiger partial charge is 0.493 e. The molecule has 0 bridgehead atoms. The lowest BCUT2D eigenvalue weighted by Crippen LogP contribution is -2.30. The van der Waals surface area contributed by atoms with E-state index in [4.69, 9.17) is 9.47 Å². The number of carbonyl (C=O) groups is 1. The molecule has 0 radical (unpaired) electrons. The van der Waals surface area contributed by atoms with Crippen molar-refractivity contribution in [1.82, 2.24) is 25.1 Å². The molecule has 0 saturated carbocycles. The lowest BCUT2D eigenvalue weighted by Gasteiger charge is -2.21. The molecule has 0 aliphatic rings. The Morgan fingerprint density at radius 3 is 2.53 bits per heavy atom. The molecule has 1 amide bonds. The van der Waals surface area contributed by atoms with Crippen LogP contribution in [0.3, 0.4) is 0 Å². The monoisotopic (exact) mass is 409 g/mol.